The van der Waals surface area contributed by atoms with Crippen molar-refractivity contribution >= 4 is 15.9 Å². The minimum Gasteiger partial charge on any atom is -0.467 e. The van der Waals surface area contributed by atoms with Gasteiger partial charge in [-0.1, -0.05) is 33.2 Å². The number of aromatic nitrogens is 4. The van der Waals surface area contributed by atoms with Crippen LogP contribution in [0.25, 0.3) is 22.8 Å². The number of ether oxygens (including phenoxy) is 1. The van der Waals surface area contributed by atoms with Gasteiger partial charge in [-0.25, -0.2) is 9.97 Å². The van der Waals surface area contributed by atoms with Crippen molar-refractivity contribution < 1.29 is 9.26 Å². The Balaban J connectivity index is 1.93. The highest BCUT2D eigenvalue weighted by atomic mass is 79.9. The van der Waals surface area contributed by atoms with Crippen LogP contribution < -0.4 is 4.74 Å². The van der Waals surface area contributed by atoms with Gasteiger partial charge in [0, 0.05) is 22.4 Å². The summed E-state index contributed by atoms with van der Waals surface area (Å²) in [5, 5.41) is 3.95. The maximum Gasteiger partial charge on any atom is 0.316 e. The Morgan fingerprint density at radius 2 is 1.95 bits per heavy atom. The lowest BCUT2D eigenvalue weighted by atomic mass is 10.2. The summed E-state index contributed by atoms with van der Waals surface area (Å²) in [6.45, 7) is 0. The molecule has 2 heterocycles. The monoisotopic (exact) mass is 332 g/mol. The topological polar surface area (TPSA) is 73.9 Å². The van der Waals surface area contributed by atoms with Crippen LogP contribution in [0.4, 0.5) is 0 Å². The van der Waals surface area contributed by atoms with Gasteiger partial charge in [-0.2, -0.15) is 4.98 Å². The third kappa shape index (κ3) is 2.53. The second-order valence-electron chi connectivity index (χ2n) is 3.89. The van der Waals surface area contributed by atoms with E-state index < -0.39 is 0 Å². The number of halogens is 1. The molecule has 0 saturated carbocycles. The van der Waals surface area contributed by atoms with E-state index in [2.05, 4.69) is 36.0 Å². The van der Waals surface area contributed by atoms with E-state index >= 15 is 0 Å². The first kappa shape index (κ1) is 12.7. The van der Waals surface area contributed by atoms with Gasteiger partial charge in [0.15, 0.2) is 0 Å². The van der Waals surface area contributed by atoms with E-state index in [0.717, 1.165) is 10.0 Å². The molecule has 3 rings (SSSR count). The zero-order valence-corrected chi connectivity index (χ0v) is 12.0. The normalized spacial score (nSPS) is 10.5. The number of benzene rings is 1. The number of nitrogens with zero attached hydrogens (tertiary/aromatic N) is 4. The number of rotatable bonds is 3. The number of methoxy groups -OCH3 is 1. The fraction of sp³-hybridized carbons (Fsp3) is 0.0769. The molecule has 0 atom stereocenters. The van der Waals surface area contributed by atoms with Crippen molar-refractivity contribution in [3.63, 3.8) is 0 Å². The molecule has 0 saturated heterocycles. The summed E-state index contributed by atoms with van der Waals surface area (Å²) in [5.41, 5.74) is 1.50. The van der Waals surface area contributed by atoms with E-state index in [0.29, 0.717) is 23.3 Å². The van der Waals surface area contributed by atoms with Crippen LogP contribution in [-0.2, 0) is 0 Å². The minimum atomic E-state index is 0.292. The van der Waals surface area contributed by atoms with Gasteiger partial charge in [0.2, 0.25) is 5.82 Å². The molecule has 3 aromatic rings. The van der Waals surface area contributed by atoms with Crippen LogP contribution in [0, 0.1) is 0 Å². The molecule has 2 aromatic heterocycles. The lowest BCUT2D eigenvalue weighted by Crippen LogP contribution is -1.91. The Morgan fingerprint density at radius 3 is 2.65 bits per heavy atom. The summed E-state index contributed by atoms with van der Waals surface area (Å²) in [5.74, 6) is 0.875. The third-order valence-electron chi connectivity index (χ3n) is 2.57. The molecule has 0 aliphatic heterocycles. The highest BCUT2D eigenvalue weighted by Gasteiger charge is 2.11. The molecule has 0 amide bonds. The van der Waals surface area contributed by atoms with Crippen molar-refractivity contribution in [1.29, 1.82) is 0 Å². The van der Waals surface area contributed by atoms with E-state index in [-0.39, 0.29) is 0 Å². The lowest BCUT2D eigenvalue weighted by Gasteiger charge is -1.96. The molecular weight excluding hydrogens is 324 g/mol. The Bertz CT molecular complexity index is 727. The zero-order chi connectivity index (χ0) is 13.9. The van der Waals surface area contributed by atoms with Crippen LogP contribution in [0.5, 0.6) is 6.01 Å². The second-order valence-corrected chi connectivity index (χ2v) is 4.81. The van der Waals surface area contributed by atoms with Gasteiger partial charge < -0.3 is 9.26 Å². The fourth-order valence-electron chi connectivity index (χ4n) is 1.62. The smallest absolute Gasteiger partial charge is 0.316 e. The van der Waals surface area contributed by atoms with Crippen LogP contribution in [0.2, 0.25) is 0 Å². The first-order chi connectivity index (χ1) is 9.76. The van der Waals surface area contributed by atoms with Crippen molar-refractivity contribution in [2.75, 3.05) is 7.11 Å². The highest BCUT2D eigenvalue weighted by Crippen LogP contribution is 2.23. The molecule has 0 N–H and O–H groups in total. The largest absolute Gasteiger partial charge is 0.467 e. The fourth-order valence-corrected chi connectivity index (χ4v) is 2.02. The molecule has 0 aliphatic rings. The van der Waals surface area contributed by atoms with E-state index in [1.165, 1.54) is 7.11 Å². The van der Waals surface area contributed by atoms with Gasteiger partial charge in [0.05, 0.1) is 12.7 Å². The highest BCUT2D eigenvalue weighted by molar-refractivity contribution is 9.10. The van der Waals surface area contributed by atoms with E-state index in [1.807, 2.05) is 24.3 Å². The van der Waals surface area contributed by atoms with Crippen molar-refractivity contribution in [1.82, 2.24) is 20.1 Å². The maximum absolute atomic E-state index is 5.22. The van der Waals surface area contributed by atoms with E-state index in [4.69, 9.17) is 9.26 Å². The Labute approximate surface area is 123 Å². The Kier molecular flexibility index (Phi) is 3.42. The molecule has 20 heavy (non-hydrogen) atoms. The molecule has 0 radical (unpaired) electrons. The standard InChI is InChI=1S/C13H9BrN4O2/c1-19-13-15-6-9(7-16-13)12-17-11(18-20-12)8-3-2-4-10(14)5-8/h2-7H,1H3. The van der Waals surface area contributed by atoms with Crippen molar-refractivity contribution in [2.24, 2.45) is 0 Å². The Hall–Kier alpha value is -2.28. The van der Waals surface area contributed by atoms with Crippen molar-refractivity contribution in [3.05, 3.63) is 41.1 Å². The molecule has 0 bridgehead atoms. The number of hydrogen-bond acceptors (Lipinski definition) is 6. The molecule has 6 nitrogen and oxygen atoms in total. The van der Waals surface area contributed by atoms with Gasteiger partial charge in [-0.05, 0) is 12.1 Å². The molecule has 0 aliphatic carbocycles. The van der Waals surface area contributed by atoms with E-state index in [9.17, 15) is 0 Å². The van der Waals surface area contributed by atoms with Gasteiger partial charge in [0.1, 0.15) is 0 Å². The van der Waals surface area contributed by atoms with Gasteiger partial charge >= 0.3 is 6.01 Å². The van der Waals surface area contributed by atoms with Crippen molar-refractivity contribution in [3.8, 4) is 28.9 Å². The van der Waals surface area contributed by atoms with Gasteiger partial charge in [-0.15, -0.1) is 0 Å². The van der Waals surface area contributed by atoms with Gasteiger partial charge in [-0.3, -0.25) is 0 Å². The summed E-state index contributed by atoms with van der Waals surface area (Å²) in [7, 11) is 1.51. The van der Waals surface area contributed by atoms with Crippen LogP contribution >= 0.6 is 15.9 Å². The first-order valence-electron chi connectivity index (χ1n) is 5.72. The van der Waals surface area contributed by atoms with Crippen LogP contribution in [0.1, 0.15) is 0 Å². The van der Waals surface area contributed by atoms with Crippen molar-refractivity contribution in [2.45, 2.75) is 0 Å². The maximum atomic E-state index is 5.22. The van der Waals surface area contributed by atoms with Crippen LogP contribution in [0.3, 0.4) is 0 Å². The molecule has 0 spiro atoms. The molecule has 100 valence electrons. The summed E-state index contributed by atoms with van der Waals surface area (Å²) in [4.78, 5) is 12.3. The average Bonchev–Trinajstić information content (AvgIpc) is 2.97. The first-order valence-corrected chi connectivity index (χ1v) is 6.51. The van der Waals surface area contributed by atoms with Crippen LogP contribution in [0.15, 0.2) is 45.7 Å². The lowest BCUT2D eigenvalue weighted by molar-refractivity contribution is 0.379. The molecule has 1 aromatic carbocycles. The second kappa shape index (κ2) is 5.38. The quantitative estimate of drug-likeness (QED) is 0.734. The predicted molar refractivity (Wildman–Crippen MR) is 75.0 cm³/mol. The predicted octanol–water partition coefficient (Wildman–Crippen LogP) is 2.96. The molecule has 7 heteroatoms. The van der Waals surface area contributed by atoms with E-state index in [1.54, 1.807) is 12.4 Å². The SMILES string of the molecule is COc1ncc(-c2nc(-c3cccc(Br)c3)no2)cn1. The summed E-state index contributed by atoms with van der Waals surface area (Å²) in [6, 6.07) is 7.96. The molecule has 0 unspecified atom stereocenters. The van der Waals surface area contributed by atoms with Crippen LogP contribution in [-0.4, -0.2) is 27.2 Å². The summed E-state index contributed by atoms with van der Waals surface area (Å²) < 4.78 is 11.1. The average molecular weight is 333 g/mol. The van der Waals surface area contributed by atoms with Gasteiger partial charge in [0.25, 0.3) is 5.89 Å². The summed E-state index contributed by atoms with van der Waals surface area (Å²) in [6.07, 6.45) is 3.15. The minimum absolute atomic E-state index is 0.292. The number of hydrogen-bond donors (Lipinski definition) is 0. The Morgan fingerprint density at radius 1 is 1.15 bits per heavy atom. The summed E-state index contributed by atoms with van der Waals surface area (Å²) >= 11 is 3.41. The zero-order valence-electron chi connectivity index (χ0n) is 10.4. The molecular formula is C13H9BrN4O2. The molecule has 0 fully saturated rings. The third-order valence-corrected chi connectivity index (χ3v) is 3.06.